The maximum absolute atomic E-state index is 11.8. The van der Waals surface area contributed by atoms with Crippen LogP contribution in [0.1, 0.15) is 20.3 Å². The summed E-state index contributed by atoms with van der Waals surface area (Å²) in [5, 5.41) is 0. The van der Waals surface area contributed by atoms with E-state index in [9.17, 15) is 4.39 Å². The van der Waals surface area contributed by atoms with Crippen LogP contribution in [0.2, 0.25) is 0 Å². The highest BCUT2D eigenvalue weighted by molar-refractivity contribution is 5.12. The minimum Gasteiger partial charge on any atom is -0.240 e. The second-order valence-corrected chi connectivity index (χ2v) is 2.47. The highest BCUT2D eigenvalue weighted by Gasteiger charge is 2.47. The van der Waals surface area contributed by atoms with Gasteiger partial charge in [0.2, 0.25) is 0 Å². The standard InChI is InChI=1S/C5H8F/c1-5(2)3-4(5)6/h3H2,1-2H3. The molecule has 0 nitrogen and oxygen atoms in total. The average Bonchev–Trinajstić information content (AvgIpc) is 1.73. The smallest absolute Gasteiger partial charge is 0.151 e. The highest BCUT2D eigenvalue weighted by Crippen LogP contribution is 2.54. The van der Waals surface area contributed by atoms with Crippen molar-refractivity contribution in [2.75, 3.05) is 0 Å². The Hall–Kier alpha value is -0.0700. The van der Waals surface area contributed by atoms with E-state index in [1.54, 1.807) is 0 Å². The molecule has 0 spiro atoms. The normalized spacial score (nSPS) is 30.5. The molecule has 0 bridgehead atoms. The second-order valence-electron chi connectivity index (χ2n) is 2.47. The summed E-state index contributed by atoms with van der Waals surface area (Å²) in [6.07, 6.45) is 0.843. The van der Waals surface area contributed by atoms with Gasteiger partial charge in [-0.3, -0.25) is 0 Å². The van der Waals surface area contributed by atoms with Gasteiger partial charge in [0, 0.05) is 5.41 Å². The van der Waals surface area contributed by atoms with E-state index in [1.165, 1.54) is 0 Å². The third-order valence-electron chi connectivity index (χ3n) is 1.21. The van der Waals surface area contributed by atoms with Crippen LogP contribution in [-0.2, 0) is 0 Å². The van der Waals surface area contributed by atoms with Crippen LogP contribution in [0.4, 0.5) is 4.39 Å². The fourth-order valence-electron chi connectivity index (χ4n) is 0.344. The van der Waals surface area contributed by atoms with Gasteiger partial charge in [0.25, 0.3) is 0 Å². The van der Waals surface area contributed by atoms with Crippen LogP contribution in [0.3, 0.4) is 0 Å². The summed E-state index contributed by atoms with van der Waals surface area (Å²) in [7, 11) is 0. The molecule has 0 N–H and O–H groups in total. The molecule has 0 atom stereocenters. The highest BCUT2D eigenvalue weighted by atomic mass is 19.1. The van der Waals surface area contributed by atoms with Crippen molar-refractivity contribution in [3.05, 3.63) is 6.17 Å². The molecule has 0 aliphatic heterocycles. The molecular weight excluding hydrogens is 79.1 g/mol. The summed E-state index contributed by atoms with van der Waals surface area (Å²) >= 11 is 0. The Labute approximate surface area is 37.4 Å². The number of rotatable bonds is 0. The lowest BCUT2D eigenvalue weighted by Gasteiger charge is -1.87. The summed E-state index contributed by atoms with van der Waals surface area (Å²) in [5.74, 6) is 0. The first-order valence-corrected chi connectivity index (χ1v) is 2.15. The fraction of sp³-hybridized carbons (Fsp3) is 0.800. The molecule has 1 aliphatic rings. The molecule has 1 rings (SSSR count). The maximum atomic E-state index is 11.8. The van der Waals surface area contributed by atoms with Crippen LogP contribution in [0.5, 0.6) is 0 Å². The molecule has 35 valence electrons. The van der Waals surface area contributed by atoms with Crippen LogP contribution >= 0.6 is 0 Å². The van der Waals surface area contributed by atoms with Gasteiger partial charge < -0.3 is 0 Å². The van der Waals surface area contributed by atoms with Gasteiger partial charge >= 0.3 is 0 Å². The number of hydrogen-bond donors (Lipinski definition) is 0. The van der Waals surface area contributed by atoms with E-state index in [4.69, 9.17) is 0 Å². The van der Waals surface area contributed by atoms with Crippen LogP contribution in [0.25, 0.3) is 0 Å². The Morgan fingerprint density at radius 3 is 1.83 bits per heavy atom. The van der Waals surface area contributed by atoms with E-state index in [-0.39, 0.29) is 11.6 Å². The van der Waals surface area contributed by atoms with Crippen molar-refractivity contribution in [3.8, 4) is 0 Å². The van der Waals surface area contributed by atoms with E-state index >= 15 is 0 Å². The number of halogens is 1. The predicted molar refractivity (Wildman–Crippen MR) is 22.7 cm³/mol. The number of hydrogen-bond acceptors (Lipinski definition) is 0. The van der Waals surface area contributed by atoms with Crippen LogP contribution in [0, 0.1) is 11.6 Å². The van der Waals surface area contributed by atoms with E-state index < -0.39 is 0 Å². The minimum absolute atomic E-state index is 0.0417. The van der Waals surface area contributed by atoms with Gasteiger partial charge in [-0.2, -0.15) is 0 Å². The molecule has 0 aromatic carbocycles. The Kier molecular flexibility index (Phi) is 0.527. The second kappa shape index (κ2) is 0.772. The molecular formula is C5H8F. The van der Waals surface area contributed by atoms with Crippen LogP contribution in [-0.4, -0.2) is 0 Å². The Balaban J connectivity index is 2.41. The zero-order valence-corrected chi connectivity index (χ0v) is 4.09. The summed E-state index contributed by atoms with van der Waals surface area (Å²) in [6.45, 7) is 3.81. The van der Waals surface area contributed by atoms with Gasteiger partial charge in [-0.1, -0.05) is 13.8 Å². The molecule has 1 saturated carbocycles. The predicted octanol–water partition coefficient (Wildman–Crippen LogP) is 1.92. The first-order valence-electron chi connectivity index (χ1n) is 2.15. The molecule has 0 aromatic heterocycles. The first-order chi connectivity index (χ1) is 2.63. The van der Waals surface area contributed by atoms with Gasteiger partial charge in [0.1, 0.15) is 0 Å². The van der Waals surface area contributed by atoms with Crippen molar-refractivity contribution in [2.24, 2.45) is 5.41 Å². The molecule has 0 amide bonds. The van der Waals surface area contributed by atoms with Crippen LogP contribution < -0.4 is 0 Å². The monoisotopic (exact) mass is 87.1 g/mol. The van der Waals surface area contributed by atoms with E-state index in [1.807, 2.05) is 13.8 Å². The molecule has 1 fully saturated rings. The van der Waals surface area contributed by atoms with Gasteiger partial charge in [-0.05, 0) is 6.42 Å². The molecule has 0 heterocycles. The van der Waals surface area contributed by atoms with Crippen molar-refractivity contribution >= 4 is 0 Å². The van der Waals surface area contributed by atoms with Crippen molar-refractivity contribution in [3.63, 3.8) is 0 Å². The molecule has 1 aliphatic carbocycles. The quantitative estimate of drug-likeness (QED) is 0.423. The lowest BCUT2D eigenvalue weighted by Crippen LogP contribution is -1.80. The van der Waals surface area contributed by atoms with E-state index in [0.29, 0.717) is 6.42 Å². The van der Waals surface area contributed by atoms with E-state index in [0.717, 1.165) is 0 Å². The van der Waals surface area contributed by atoms with Gasteiger partial charge in [-0.25, -0.2) is 4.39 Å². The lowest BCUT2D eigenvalue weighted by atomic mass is 10.2. The largest absolute Gasteiger partial charge is 0.240 e. The summed E-state index contributed by atoms with van der Waals surface area (Å²) in [5.41, 5.74) is -0.0417. The fourth-order valence-corrected chi connectivity index (χ4v) is 0.344. The zero-order valence-electron chi connectivity index (χ0n) is 4.09. The summed E-state index contributed by atoms with van der Waals surface area (Å²) in [4.78, 5) is 0. The molecule has 1 heteroatoms. The summed E-state index contributed by atoms with van der Waals surface area (Å²) < 4.78 is 11.8. The molecule has 1 radical (unpaired) electrons. The third kappa shape index (κ3) is 0.423. The topological polar surface area (TPSA) is 0 Å². The zero-order chi connectivity index (χ0) is 4.78. The van der Waals surface area contributed by atoms with E-state index in [2.05, 4.69) is 0 Å². The van der Waals surface area contributed by atoms with Crippen LogP contribution in [0.15, 0.2) is 0 Å². The van der Waals surface area contributed by atoms with Crippen molar-refractivity contribution < 1.29 is 4.39 Å². The van der Waals surface area contributed by atoms with Gasteiger partial charge in [-0.15, -0.1) is 0 Å². The molecule has 0 aromatic rings. The molecule has 0 unspecified atom stereocenters. The van der Waals surface area contributed by atoms with Crippen molar-refractivity contribution in [2.45, 2.75) is 20.3 Å². The van der Waals surface area contributed by atoms with Crippen molar-refractivity contribution in [1.82, 2.24) is 0 Å². The Morgan fingerprint density at radius 2 is 1.83 bits per heavy atom. The van der Waals surface area contributed by atoms with Gasteiger partial charge in [0.15, 0.2) is 6.17 Å². The Morgan fingerprint density at radius 1 is 1.67 bits per heavy atom. The lowest BCUT2D eigenvalue weighted by molar-refractivity contribution is 0.504. The molecule has 0 saturated heterocycles. The van der Waals surface area contributed by atoms with Crippen molar-refractivity contribution in [1.29, 1.82) is 0 Å². The third-order valence-corrected chi connectivity index (χ3v) is 1.21. The SMILES string of the molecule is CC1(C)C[C]1F. The molecule has 6 heavy (non-hydrogen) atoms. The summed E-state index contributed by atoms with van der Waals surface area (Å²) in [6, 6.07) is 0. The maximum Gasteiger partial charge on any atom is 0.151 e. The Bertz CT molecular complexity index is 66.3. The average molecular weight is 87.1 g/mol. The van der Waals surface area contributed by atoms with Gasteiger partial charge in [0.05, 0.1) is 0 Å². The first kappa shape index (κ1) is 4.10. The minimum atomic E-state index is -0.0417.